The molecule has 1 aliphatic heterocycles. The molecule has 1 atom stereocenters. The van der Waals surface area contributed by atoms with Crippen molar-refractivity contribution in [3.8, 4) is 0 Å². The van der Waals surface area contributed by atoms with Gasteiger partial charge in [-0.25, -0.2) is 13.2 Å². The third-order valence-electron chi connectivity index (χ3n) is 4.28. The Morgan fingerprint density at radius 1 is 1.07 bits per heavy atom. The molecular formula is C20H22N2O6S. The molecule has 0 radical (unpaired) electrons. The molecule has 1 N–H and O–H groups in total. The van der Waals surface area contributed by atoms with Gasteiger partial charge in [0, 0.05) is 24.3 Å². The highest BCUT2D eigenvalue weighted by Crippen LogP contribution is 2.23. The lowest BCUT2D eigenvalue weighted by Gasteiger charge is -2.30. The fourth-order valence-electron chi connectivity index (χ4n) is 2.94. The zero-order valence-electron chi connectivity index (χ0n) is 15.9. The largest absolute Gasteiger partial charge is 0.444 e. The van der Waals surface area contributed by atoms with Crippen molar-refractivity contribution in [3.05, 3.63) is 65.7 Å². The predicted molar refractivity (Wildman–Crippen MR) is 107 cm³/mol. The zero-order valence-corrected chi connectivity index (χ0v) is 16.7. The van der Waals surface area contributed by atoms with E-state index in [9.17, 15) is 18.0 Å². The number of hydrogen-bond acceptors (Lipinski definition) is 6. The number of carbonyl (C=O) groups excluding carboxylic acids is 2. The van der Waals surface area contributed by atoms with E-state index in [1.54, 1.807) is 29.2 Å². The Bertz CT molecular complexity index is 971. The molecule has 1 amide bonds. The van der Waals surface area contributed by atoms with Gasteiger partial charge in [0.05, 0.1) is 25.0 Å². The van der Waals surface area contributed by atoms with Crippen LogP contribution in [0.4, 0.5) is 5.69 Å². The predicted octanol–water partition coefficient (Wildman–Crippen LogP) is 1.81. The number of carbonyl (C=O) groups is 2. The second kappa shape index (κ2) is 9.06. The van der Waals surface area contributed by atoms with Gasteiger partial charge in [-0.3, -0.25) is 9.52 Å². The van der Waals surface area contributed by atoms with E-state index >= 15 is 0 Å². The number of benzene rings is 2. The van der Waals surface area contributed by atoms with E-state index in [0.29, 0.717) is 31.9 Å². The van der Waals surface area contributed by atoms with Crippen LogP contribution in [0.25, 0.3) is 0 Å². The van der Waals surface area contributed by atoms with E-state index < -0.39 is 22.1 Å². The number of nitrogens with one attached hydrogen (secondary N) is 1. The fraction of sp³-hybridized carbons (Fsp3) is 0.300. The van der Waals surface area contributed by atoms with Crippen LogP contribution in [0.2, 0.25) is 0 Å². The van der Waals surface area contributed by atoms with Crippen LogP contribution in [-0.4, -0.2) is 57.8 Å². The van der Waals surface area contributed by atoms with Gasteiger partial charge >= 0.3 is 5.97 Å². The van der Waals surface area contributed by atoms with Gasteiger partial charge < -0.3 is 14.4 Å². The van der Waals surface area contributed by atoms with Crippen molar-refractivity contribution in [2.24, 2.45) is 0 Å². The molecule has 2 aromatic rings. The molecule has 1 saturated heterocycles. The topological polar surface area (TPSA) is 102 Å². The van der Waals surface area contributed by atoms with Crippen molar-refractivity contribution < 1.29 is 27.5 Å². The Kier molecular flexibility index (Phi) is 6.50. The van der Waals surface area contributed by atoms with Gasteiger partial charge in [-0.2, -0.15) is 0 Å². The molecule has 3 rings (SSSR count). The van der Waals surface area contributed by atoms with Gasteiger partial charge in [0.25, 0.3) is 5.91 Å². The molecule has 1 fully saturated rings. The minimum absolute atomic E-state index is 0.134. The summed E-state index contributed by atoms with van der Waals surface area (Å²) in [5.74, 6) is -1.05. The second-order valence-corrected chi connectivity index (χ2v) is 8.34. The average molecular weight is 418 g/mol. The molecule has 1 unspecified atom stereocenters. The molecule has 29 heavy (non-hydrogen) atoms. The number of ether oxygens (including phenoxy) is 2. The number of anilines is 1. The zero-order chi connectivity index (χ0) is 20.9. The number of morpholine rings is 1. The van der Waals surface area contributed by atoms with Crippen molar-refractivity contribution >= 4 is 27.6 Å². The normalized spacial score (nSPS) is 15.4. The maximum atomic E-state index is 13.0. The van der Waals surface area contributed by atoms with E-state index in [1.165, 1.54) is 24.3 Å². The summed E-state index contributed by atoms with van der Waals surface area (Å²) in [6, 6.07) is 14.7. The molecule has 2 aromatic carbocycles. The summed E-state index contributed by atoms with van der Waals surface area (Å²) >= 11 is 0. The lowest BCUT2D eigenvalue weighted by atomic mass is 10.1. The second-order valence-electron chi connectivity index (χ2n) is 6.59. The minimum atomic E-state index is -3.49. The van der Waals surface area contributed by atoms with Crippen LogP contribution in [0.5, 0.6) is 0 Å². The van der Waals surface area contributed by atoms with E-state index in [1.807, 2.05) is 6.07 Å². The Morgan fingerprint density at radius 2 is 1.76 bits per heavy atom. The average Bonchev–Trinajstić information content (AvgIpc) is 2.71. The first-order valence-corrected chi connectivity index (χ1v) is 10.9. The molecule has 9 heteroatoms. The van der Waals surface area contributed by atoms with Crippen molar-refractivity contribution in [3.63, 3.8) is 0 Å². The molecule has 0 saturated carbocycles. The number of sulfonamides is 1. The van der Waals surface area contributed by atoms with Crippen LogP contribution in [-0.2, 0) is 24.3 Å². The summed E-state index contributed by atoms with van der Waals surface area (Å²) < 4.78 is 36.0. The molecular weight excluding hydrogens is 396 g/mol. The Balaban J connectivity index is 1.83. The number of amides is 1. The van der Waals surface area contributed by atoms with Gasteiger partial charge in [0.1, 0.15) is 0 Å². The van der Waals surface area contributed by atoms with Gasteiger partial charge in [0.15, 0.2) is 0 Å². The summed E-state index contributed by atoms with van der Waals surface area (Å²) in [4.78, 5) is 27.4. The molecule has 0 aromatic heterocycles. The molecule has 0 aliphatic carbocycles. The fourth-order valence-corrected chi connectivity index (χ4v) is 3.49. The van der Waals surface area contributed by atoms with Crippen molar-refractivity contribution in [2.75, 3.05) is 37.3 Å². The highest BCUT2D eigenvalue weighted by molar-refractivity contribution is 7.92. The van der Waals surface area contributed by atoms with Crippen LogP contribution in [0, 0.1) is 0 Å². The standard InChI is InChI=1S/C20H22N2O6S/c1-29(25,26)21-17-9-5-8-16(14-17)20(24)28-18(15-6-3-2-4-7-15)19(23)22-10-12-27-13-11-22/h2-9,14,18,21H,10-13H2,1H3. The summed E-state index contributed by atoms with van der Waals surface area (Å²) in [5, 5.41) is 0. The Hall–Kier alpha value is -2.91. The monoisotopic (exact) mass is 418 g/mol. The maximum absolute atomic E-state index is 13.0. The van der Waals surface area contributed by atoms with Gasteiger partial charge in [-0.15, -0.1) is 0 Å². The first-order valence-electron chi connectivity index (χ1n) is 9.04. The highest BCUT2D eigenvalue weighted by Gasteiger charge is 2.30. The molecule has 0 bridgehead atoms. The maximum Gasteiger partial charge on any atom is 0.339 e. The van der Waals surface area contributed by atoms with Crippen molar-refractivity contribution in [2.45, 2.75) is 6.10 Å². The van der Waals surface area contributed by atoms with Gasteiger partial charge in [-0.1, -0.05) is 36.4 Å². The molecule has 8 nitrogen and oxygen atoms in total. The first kappa shape index (κ1) is 20.8. The first-order chi connectivity index (χ1) is 13.8. The van der Waals surface area contributed by atoms with Gasteiger partial charge in [0.2, 0.25) is 16.1 Å². The minimum Gasteiger partial charge on any atom is -0.444 e. The van der Waals surface area contributed by atoms with Crippen molar-refractivity contribution in [1.82, 2.24) is 4.90 Å². The molecule has 154 valence electrons. The van der Waals surface area contributed by atoms with Crippen LogP contribution in [0.15, 0.2) is 54.6 Å². The molecule has 0 spiro atoms. The summed E-state index contributed by atoms with van der Waals surface area (Å²) in [6.45, 7) is 1.71. The van der Waals surface area contributed by atoms with Crippen molar-refractivity contribution in [1.29, 1.82) is 0 Å². The third-order valence-corrected chi connectivity index (χ3v) is 4.88. The smallest absolute Gasteiger partial charge is 0.339 e. The number of rotatable bonds is 6. The summed E-state index contributed by atoms with van der Waals surface area (Å²) in [6.07, 6.45) is -0.0851. The van der Waals surface area contributed by atoms with Gasteiger partial charge in [-0.05, 0) is 18.2 Å². The van der Waals surface area contributed by atoms with E-state index in [4.69, 9.17) is 9.47 Å². The van der Waals surface area contributed by atoms with Crippen LogP contribution < -0.4 is 4.72 Å². The van der Waals surface area contributed by atoms with Crippen LogP contribution >= 0.6 is 0 Å². The third kappa shape index (κ3) is 5.78. The lowest BCUT2D eigenvalue weighted by Crippen LogP contribution is -2.44. The quantitative estimate of drug-likeness (QED) is 0.718. The number of nitrogens with zero attached hydrogens (tertiary/aromatic N) is 1. The van der Waals surface area contributed by atoms with Crippen LogP contribution in [0.1, 0.15) is 22.0 Å². The number of hydrogen-bond donors (Lipinski definition) is 1. The lowest BCUT2D eigenvalue weighted by molar-refractivity contribution is -0.145. The van der Waals surface area contributed by atoms with E-state index in [0.717, 1.165) is 6.26 Å². The highest BCUT2D eigenvalue weighted by atomic mass is 32.2. The molecule has 1 heterocycles. The van der Waals surface area contributed by atoms with E-state index in [2.05, 4.69) is 4.72 Å². The summed E-state index contributed by atoms with van der Waals surface area (Å²) in [7, 11) is -3.49. The van der Waals surface area contributed by atoms with E-state index in [-0.39, 0.29) is 17.2 Å². The molecule has 1 aliphatic rings. The Morgan fingerprint density at radius 3 is 2.41 bits per heavy atom. The Labute approximate surface area is 169 Å². The number of esters is 1. The SMILES string of the molecule is CS(=O)(=O)Nc1cccc(C(=O)OC(C(=O)N2CCOCC2)c2ccccc2)c1. The van der Waals surface area contributed by atoms with Crippen LogP contribution in [0.3, 0.4) is 0 Å². The summed E-state index contributed by atoms with van der Waals surface area (Å²) in [5.41, 5.74) is 0.926.